The first-order valence-electron chi connectivity index (χ1n) is 5.42. The van der Waals surface area contributed by atoms with Gasteiger partial charge >= 0.3 is 5.97 Å². The van der Waals surface area contributed by atoms with Gasteiger partial charge in [-0.15, -0.1) is 0 Å². The van der Waals surface area contributed by atoms with Crippen molar-refractivity contribution in [3.63, 3.8) is 0 Å². The first-order valence-corrected chi connectivity index (χ1v) is 6.57. The molecule has 0 bridgehead atoms. The summed E-state index contributed by atoms with van der Waals surface area (Å²) in [5.41, 5.74) is 6.49. The van der Waals surface area contributed by atoms with Crippen LogP contribution in [0.15, 0.2) is 24.3 Å². The molecule has 0 spiro atoms. The van der Waals surface area contributed by atoms with Crippen molar-refractivity contribution in [3.05, 3.63) is 29.8 Å². The molecule has 17 heavy (non-hydrogen) atoms. The minimum Gasteiger partial charge on any atom is -0.494 e. The summed E-state index contributed by atoms with van der Waals surface area (Å²) >= 11 is 1.50. The number of para-hydroxylation sites is 1. The third-order valence-electron chi connectivity index (χ3n) is 2.14. The Hall–Kier alpha value is -1.20. The zero-order chi connectivity index (χ0) is 12.7. The number of nitrogens with two attached hydrogens (primary N) is 1. The third-order valence-corrected chi connectivity index (χ3v) is 3.25. The van der Waals surface area contributed by atoms with Crippen LogP contribution < -0.4 is 10.5 Å². The molecule has 0 aliphatic heterocycles. The molecule has 0 aliphatic carbocycles. The quantitative estimate of drug-likeness (QED) is 0.776. The van der Waals surface area contributed by atoms with Crippen LogP contribution in [0.4, 0.5) is 0 Å². The van der Waals surface area contributed by atoms with Crippen LogP contribution in [0, 0.1) is 0 Å². The van der Waals surface area contributed by atoms with Crippen molar-refractivity contribution in [2.45, 2.75) is 18.7 Å². The lowest BCUT2D eigenvalue weighted by atomic mass is 10.2. The second-order valence-electron chi connectivity index (χ2n) is 3.50. The predicted octanol–water partition coefficient (Wildman–Crippen LogP) is 1.73. The van der Waals surface area contributed by atoms with E-state index in [9.17, 15) is 4.79 Å². The number of benzene rings is 1. The third kappa shape index (κ3) is 4.66. The highest BCUT2D eigenvalue weighted by atomic mass is 32.2. The fourth-order valence-corrected chi connectivity index (χ4v) is 2.26. The molecule has 0 saturated carbocycles. The lowest BCUT2D eigenvalue weighted by Crippen LogP contribution is -2.32. The number of rotatable bonds is 7. The van der Waals surface area contributed by atoms with Crippen LogP contribution in [-0.4, -0.2) is 29.5 Å². The van der Waals surface area contributed by atoms with Crippen molar-refractivity contribution in [1.82, 2.24) is 0 Å². The van der Waals surface area contributed by atoms with Gasteiger partial charge in [-0.05, 0) is 13.0 Å². The Morgan fingerprint density at radius 2 is 2.24 bits per heavy atom. The Labute approximate surface area is 105 Å². The van der Waals surface area contributed by atoms with Gasteiger partial charge in [-0.25, -0.2) is 0 Å². The van der Waals surface area contributed by atoms with Crippen LogP contribution >= 0.6 is 11.8 Å². The molecule has 1 atom stereocenters. The van der Waals surface area contributed by atoms with Gasteiger partial charge in [0.25, 0.3) is 0 Å². The normalized spacial score (nSPS) is 12.1. The van der Waals surface area contributed by atoms with Crippen molar-refractivity contribution < 1.29 is 14.6 Å². The molecule has 0 fully saturated rings. The number of carboxylic acid groups (broad SMARTS) is 1. The van der Waals surface area contributed by atoms with Crippen LogP contribution in [-0.2, 0) is 10.5 Å². The van der Waals surface area contributed by atoms with E-state index in [0.717, 1.165) is 11.3 Å². The number of hydrogen-bond acceptors (Lipinski definition) is 4. The van der Waals surface area contributed by atoms with E-state index in [1.54, 1.807) is 0 Å². The minimum atomic E-state index is -0.962. The predicted molar refractivity (Wildman–Crippen MR) is 69.4 cm³/mol. The summed E-state index contributed by atoms with van der Waals surface area (Å²) in [6.07, 6.45) is 0. The molecule has 94 valence electrons. The summed E-state index contributed by atoms with van der Waals surface area (Å²) in [6.45, 7) is 2.56. The van der Waals surface area contributed by atoms with E-state index >= 15 is 0 Å². The fraction of sp³-hybridized carbons (Fsp3) is 0.417. The molecule has 4 nitrogen and oxygen atoms in total. The summed E-state index contributed by atoms with van der Waals surface area (Å²) < 4.78 is 5.48. The van der Waals surface area contributed by atoms with Gasteiger partial charge in [0.05, 0.1) is 6.61 Å². The van der Waals surface area contributed by atoms with Crippen molar-refractivity contribution in [2.75, 3.05) is 12.4 Å². The molecular formula is C12H17NO3S. The maximum atomic E-state index is 10.5. The summed E-state index contributed by atoms with van der Waals surface area (Å²) in [6, 6.07) is 6.94. The Kier molecular flexibility index (Phi) is 5.86. The van der Waals surface area contributed by atoms with Crippen LogP contribution in [0.1, 0.15) is 12.5 Å². The Bertz CT molecular complexity index is 371. The maximum Gasteiger partial charge on any atom is 0.321 e. The van der Waals surface area contributed by atoms with Gasteiger partial charge in [0.1, 0.15) is 11.8 Å². The van der Waals surface area contributed by atoms with E-state index in [0.29, 0.717) is 18.1 Å². The summed E-state index contributed by atoms with van der Waals surface area (Å²) in [5.74, 6) is 0.995. The molecule has 1 aromatic rings. The van der Waals surface area contributed by atoms with Crippen molar-refractivity contribution in [1.29, 1.82) is 0 Å². The first kappa shape index (κ1) is 13.9. The van der Waals surface area contributed by atoms with Gasteiger partial charge in [-0.3, -0.25) is 4.79 Å². The molecule has 1 aromatic carbocycles. The van der Waals surface area contributed by atoms with E-state index in [2.05, 4.69) is 0 Å². The average molecular weight is 255 g/mol. The molecular weight excluding hydrogens is 238 g/mol. The molecule has 0 saturated heterocycles. The molecule has 3 N–H and O–H groups in total. The van der Waals surface area contributed by atoms with Crippen LogP contribution in [0.2, 0.25) is 0 Å². The lowest BCUT2D eigenvalue weighted by Gasteiger charge is -2.10. The first-order chi connectivity index (χ1) is 8.15. The van der Waals surface area contributed by atoms with Crippen LogP contribution in [0.3, 0.4) is 0 Å². The minimum absolute atomic E-state index is 0.399. The van der Waals surface area contributed by atoms with Crippen LogP contribution in [0.5, 0.6) is 5.75 Å². The highest BCUT2D eigenvalue weighted by Gasteiger charge is 2.11. The zero-order valence-corrected chi connectivity index (χ0v) is 10.6. The van der Waals surface area contributed by atoms with E-state index in [1.165, 1.54) is 11.8 Å². The topological polar surface area (TPSA) is 72.5 Å². The van der Waals surface area contributed by atoms with Gasteiger partial charge < -0.3 is 15.6 Å². The maximum absolute atomic E-state index is 10.5. The number of ether oxygens (including phenoxy) is 1. The lowest BCUT2D eigenvalue weighted by molar-refractivity contribution is -0.137. The van der Waals surface area contributed by atoms with Gasteiger partial charge in [0.15, 0.2) is 0 Å². The number of aliphatic carboxylic acids is 1. The monoisotopic (exact) mass is 255 g/mol. The SMILES string of the molecule is CCOc1ccccc1CSC[C@@H](N)C(=O)O. The molecule has 0 amide bonds. The Morgan fingerprint density at radius 3 is 2.88 bits per heavy atom. The number of hydrogen-bond donors (Lipinski definition) is 2. The molecule has 5 heteroatoms. The van der Waals surface area contributed by atoms with Crippen molar-refractivity contribution in [2.24, 2.45) is 5.73 Å². The second kappa shape index (κ2) is 7.19. The Balaban J connectivity index is 2.48. The smallest absolute Gasteiger partial charge is 0.321 e. The zero-order valence-electron chi connectivity index (χ0n) is 9.76. The Morgan fingerprint density at radius 1 is 1.53 bits per heavy atom. The molecule has 0 radical (unpaired) electrons. The molecule has 1 rings (SSSR count). The summed E-state index contributed by atoms with van der Waals surface area (Å²) in [5, 5.41) is 8.65. The van der Waals surface area contributed by atoms with Crippen LogP contribution in [0.25, 0.3) is 0 Å². The number of thioether (sulfide) groups is 1. The number of carboxylic acids is 1. The molecule has 0 aromatic heterocycles. The van der Waals surface area contributed by atoms with Gasteiger partial charge in [-0.1, -0.05) is 18.2 Å². The largest absolute Gasteiger partial charge is 0.494 e. The highest BCUT2D eigenvalue weighted by molar-refractivity contribution is 7.98. The molecule has 0 heterocycles. The van der Waals surface area contributed by atoms with Gasteiger partial charge in [0.2, 0.25) is 0 Å². The van der Waals surface area contributed by atoms with Gasteiger partial charge in [-0.2, -0.15) is 11.8 Å². The summed E-state index contributed by atoms with van der Waals surface area (Å²) in [7, 11) is 0. The fourth-order valence-electron chi connectivity index (χ4n) is 1.29. The molecule has 0 aliphatic rings. The average Bonchev–Trinajstić information content (AvgIpc) is 2.31. The van der Waals surface area contributed by atoms with Crippen molar-refractivity contribution in [3.8, 4) is 5.75 Å². The van der Waals surface area contributed by atoms with E-state index in [-0.39, 0.29) is 0 Å². The highest BCUT2D eigenvalue weighted by Crippen LogP contribution is 2.23. The second-order valence-corrected chi connectivity index (χ2v) is 4.53. The van der Waals surface area contributed by atoms with E-state index in [1.807, 2.05) is 31.2 Å². The summed E-state index contributed by atoms with van der Waals surface area (Å²) in [4.78, 5) is 10.5. The standard InChI is InChI=1S/C12H17NO3S/c1-2-16-11-6-4-3-5-9(11)7-17-8-10(13)12(14)15/h3-6,10H,2,7-8,13H2,1H3,(H,14,15)/t10-/m1/s1. The van der Waals surface area contributed by atoms with Crippen molar-refractivity contribution >= 4 is 17.7 Å². The molecule has 0 unspecified atom stereocenters. The van der Waals surface area contributed by atoms with Gasteiger partial charge in [0, 0.05) is 17.1 Å². The number of carbonyl (C=O) groups is 1. The van der Waals surface area contributed by atoms with E-state index in [4.69, 9.17) is 15.6 Å². The van der Waals surface area contributed by atoms with E-state index < -0.39 is 12.0 Å².